The molecule has 190 valence electrons. The van der Waals surface area contributed by atoms with E-state index < -0.39 is 10.8 Å². The lowest BCUT2D eigenvalue weighted by atomic mass is 9.99. The molecule has 4 rings (SSSR count). The van der Waals surface area contributed by atoms with Crippen LogP contribution in [0, 0.1) is 0 Å². The van der Waals surface area contributed by atoms with Crippen LogP contribution in [0.2, 0.25) is 0 Å². The smallest absolute Gasteiger partial charge is 0.176 e. The van der Waals surface area contributed by atoms with Gasteiger partial charge in [-0.1, -0.05) is 0 Å². The van der Waals surface area contributed by atoms with Crippen molar-refractivity contribution in [3.8, 4) is 17.1 Å². The highest BCUT2D eigenvalue weighted by Crippen LogP contribution is 2.35. The van der Waals surface area contributed by atoms with Crippen LogP contribution < -0.4 is 10.5 Å². The minimum absolute atomic E-state index is 0.0502. The van der Waals surface area contributed by atoms with Crippen LogP contribution in [0.4, 0.5) is 0 Å². The Morgan fingerprint density at radius 1 is 1.34 bits per heavy atom. The third kappa shape index (κ3) is 5.49. The summed E-state index contributed by atoms with van der Waals surface area (Å²) in [6, 6.07) is 5.81. The fourth-order valence-electron chi connectivity index (χ4n) is 4.55. The molecule has 35 heavy (non-hydrogen) atoms. The second-order valence-electron chi connectivity index (χ2n) is 9.93. The number of hydrogen-bond acceptors (Lipinski definition) is 6. The van der Waals surface area contributed by atoms with Crippen molar-refractivity contribution in [2.45, 2.75) is 68.8 Å². The molecule has 3 N–H and O–H groups in total. The van der Waals surface area contributed by atoms with Gasteiger partial charge in [0.25, 0.3) is 0 Å². The second-order valence-corrected chi connectivity index (χ2v) is 11.7. The van der Waals surface area contributed by atoms with Crippen LogP contribution in [0.3, 0.4) is 0 Å². The van der Waals surface area contributed by atoms with E-state index in [4.69, 9.17) is 15.5 Å². The van der Waals surface area contributed by atoms with Crippen molar-refractivity contribution < 1.29 is 14.1 Å². The molecule has 0 aliphatic carbocycles. The highest BCUT2D eigenvalue weighted by molar-refractivity contribution is 7.85. The van der Waals surface area contributed by atoms with Crippen molar-refractivity contribution in [2.24, 2.45) is 15.7 Å². The zero-order chi connectivity index (χ0) is 25.2. The minimum Gasteiger partial charge on any atom is -0.491 e. The molecule has 2 aliphatic rings. The molecule has 9 nitrogen and oxygen atoms in total. The van der Waals surface area contributed by atoms with Gasteiger partial charge in [-0.2, -0.15) is 0 Å². The number of aliphatic hydroxyl groups excluding tert-OH is 1. The van der Waals surface area contributed by atoms with Gasteiger partial charge < -0.3 is 20.1 Å². The van der Waals surface area contributed by atoms with Gasteiger partial charge >= 0.3 is 0 Å². The first-order valence-corrected chi connectivity index (χ1v) is 13.4. The maximum Gasteiger partial charge on any atom is 0.176 e. The first-order valence-electron chi connectivity index (χ1n) is 12.2. The molecule has 1 aromatic heterocycles. The monoisotopic (exact) mass is 500 g/mol. The lowest BCUT2D eigenvalue weighted by molar-refractivity contribution is 0.0434. The van der Waals surface area contributed by atoms with E-state index in [2.05, 4.69) is 14.9 Å². The van der Waals surface area contributed by atoms with Gasteiger partial charge in [-0.3, -0.25) is 14.1 Å². The zero-order valence-corrected chi connectivity index (χ0v) is 21.8. The van der Waals surface area contributed by atoms with E-state index in [0.29, 0.717) is 24.7 Å². The predicted molar refractivity (Wildman–Crippen MR) is 140 cm³/mol. The largest absolute Gasteiger partial charge is 0.491 e. The average Bonchev–Trinajstić information content (AvgIpc) is 3.19. The van der Waals surface area contributed by atoms with Gasteiger partial charge in [-0.25, -0.2) is 9.98 Å². The molecule has 1 saturated heterocycles. The SMILES string of the molecule is CC(C)N=C(N=CN)c1cn2c(n1)-c1cc(S(=O)C3CCN(C(C)(C)CO)CC3)ccc1OCC2. The Kier molecular flexibility index (Phi) is 7.73. The first-order chi connectivity index (χ1) is 16.7. The molecule has 0 radical (unpaired) electrons. The molecule has 0 saturated carbocycles. The van der Waals surface area contributed by atoms with Crippen LogP contribution in [0.1, 0.15) is 46.2 Å². The van der Waals surface area contributed by atoms with Crippen molar-refractivity contribution in [1.29, 1.82) is 0 Å². The first kappa shape index (κ1) is 25.5. The van der Waals surface area contributed by atoms with E-state index in [1.165, 1.54) is 6.34 Å². The second kappa shape index (κ2) is 10.6. The predicted octanol–water partition coefficient (Wildman–Crippen LogP) is 2.43. The molecule has 1 unspecified atom stereocenters. The number of aromatic nitrogens is 2. The number of piperidine rings is 1. The quantitative estimate of drug-likeness (QED) is 0.465. The molecular formula is C25H36N6O3S. The van der Waals surface area contributed by atoms with Crippen molar-refractivity contribution in [1.82, 2.24) is 14.5 Å². The van der Waals surface area contributed by atoms with Gasteiger partial charge in [0.05, 0.1) is 35.9 Å². The number of imidazole rings is 1. The minimum atomic E-state index is -1.15. The van der Waals surface area contributed by atoms with Gasteiger partial charge in [0.15, 0.2) is 5.84 Å². The number of likely N-dealkylation sites (tertiary alicyclic amines) is 1. The van der Waals surface area contributed by atoms with Crippen molar-refractivity contribution in [3.05, 3.63) is 30.1 Å². The highest BCUT2D eigenvalue weighted by Gasteiger charge is 2.33. The number of aliphatic imine (C=N–C) groups is 2. The molecule has 3 heterocycles. The molecule has 1 atom stereocenters. The van der Waals surface area contributed by atoms with E-state index in [9.17, 15) is 9.32 Å². The molecule has 2 aromatic rings. The Morgan fingerprint density at radius 2 is 2.09 bits per heavy atom. The maximum absolute atomic E-state index is 13.6. The van der Waals surface area contributed by atoms with Crippen molar-refractivity contribution >= 4 is 23.0 Å². The molecule has 2 aliphatic heterocycles. The lowest BCUT2D eigenvalue weighted by Gasteiger charge is -2.41. The van der Waals surface area contributed by atoms with Crippen molar-refractivity contribution in [3.63, 3.8) is 0 Å². The van der Waals surface area contributed by atoms with Crippen LogP contribution in [-0.2, 0) is 17.3 Å². The van der Waals surface area contributed by atoms with Crippen LogP contribution >= 0.6 is 0 Å². The number of fused-ring (bicyclic) bond motifs is 3. The average molecular weight is 501 g/mol. The number of ether oxygens (including phenoxy) is 1. The zero-order valence-electron chi connectivity index (χ0n) is 21.0. The van der Waals surface area contributed by atoms with Gasteiger partial charge in [0.1, 0.15) is 23.9 Å². The third-order valence-electron chi connectivity index (χ3n) is 6.58. The number of benzene rings is 1. The Hall–Kier alpha value is -2.56. The number of amidine groups is 1. The number of nitrogens with zero attached hydrogens (tertiary/aromatic N) is 5. The molecule has 0 amide bonds. The van der Waals surface area contributed by atoms with E-state index in [-0.39, 0.29) is 23.4 Å². The highest BCUT2D eigenvalue weighted by atomic mass is 32.2. The Labute approximate surface area is 209 Å². The van der Waals surface area contributed by atoms with Crippen LogP contribution in [-0.4, -0.2) is 79.1 Å². The van der Waals surface area contributed by atoms with Gasteiger partial charge in [0.2, 0.25) is 0 Å². The summed E-state index contributed by atoms with van der Waals surface area (Å²) in [7, 11) is -1.15. The molecule has 1 fully saturated rings. The molecule has 0 bridgehead atoms. The summed E-state index contributed by atoms with van der Waals surface area (Å²) in [5.74, 6) is 1.96. The molecular weight excluding hydrogens is 464 g/mol. The fraction of sp³-hybridized carbons (Fsp3) is 0.560. The Morgan fingerprint density at radius 3 is 2.74 bits per heavy atom. The standard InChI is InChI=1S/C25H36N6O3S/c1-17(2)28-23(27-16-26)21-14-30-11-12-34-22-6-5-19(13-20(22)24(30)29-21)35(33)18-7-9-31(10-8-18)25(3,4)15-32/h5-6,13-14,16-18,32H,7-12,15H2,1-4H3,(H2,26,27,28). The summed E-state index contributed by atoms with van der Waals surface area (Å²) in [5, 5.41) is 9.75. The van der Waals surface area contributed by atoms with E-state index in [0.717, 1.165) is 48.0 Å². The third-order valence-corrected chi connectivity index (χ3v) is 8.38. The summed E-state index contributed by atoms with van der Waals surface area (Å²) >= 11 is 0. The van der Waals surface area contributed by atoms with Gasteiger partial charge in [0, 0.05) is 27.9 Å². The van der Waals surface area contributed by atoms with Crippen molar-refractivity contribution in [2.75, 3.05) is 26.3 Å². The maximum atomic E-state index is 13.6. The fourth-order valence-corrected chi connectivity index (χ4v) is 6.01. The van der Waals surface area contributed by atoms with Gasteiger partial charge in [-0.05, 0) is 71.8 Å². The van der Waals surface area contributed by atoms with Crippen LogP contribution in [0.5, 0.6) is 5.75 Å². The van der Waals surface area contributed by atoms with Crippen LogP contribution in [0.25, 0.3) is 11.4 Å². The van der Waals surface area contributed by atoms with Crippen LogP contribution in [0.15, 0.2) is 39.3 Å². The van der Waals surface area contributed by atoms with E-state index >= 15 is 0 Å². The summed E-state index contributed by atoms with van der Waals surface area (Å²) in [6.07, 6.45) is 4.81. The Bertz CT molecular complexity index is 1130. The summed E-state index contributed by atoms with van der Waals surface area (Å²) < 4.78 is 21.6. The molecule has 1 aromatic carbocycles. The number of nitrogens with two attached hydrogens (primary N) is 1. The topological polar surface area (TPSA) is 118 Å². The Balaban J connectivity index is 1.62. The van der Waals surface area contributed by atoms with Gasteiger partial charge in [-0.15, -0.1) is 0 Å². The molecule has 10 heteroatoms. The van der Waals surface area contributed by atoms with E-state index in [1.807, 2.05) is 56.7 Å². The lowest BCUT2D eigenvalue weighted by Crippen LogP contribution is -2.51. The normalized spacial score (nSPS) is 18.9. The molecule has 0 spiro atoms. The number of hydrogen-bond donors (Lipinski definition) is 2. The summed E-state index contributed by atoms with van der Waals surface area (Å²) in [5.41, 5.74) is 6.76. The number of aliphatic hydroxyl groups is 1. The number of rotatable bonds is 6. The summed E-state index contributed by atoms with van der Waals surface area (Å²) in [4.78, 5) is 16.7. The summed E-state index contributed by atoms with van der Waals surface area (Å²) in [6.45, 7) is 11.0. The van der Waals surface area contributed by atoms with E-state index in [1.54, 1.807) is 0 Å².